The van der Waals surface area contributed by atoms with E-state index in [0.29, 0.717) is 17.5 Å². The van der Waals surface area contributed by atoms with E-state index in [1.165, 1.54) is 36.4 Å². The number of likely N-dealkylation sites (N-methyl/N-ethyl adjacent to an activating group) is 1. The van der Waals surface area contributed by atoms with Crippen LogP contribution in [0.25, 0.3) is 0 Å². The highest BCUT2D eigenvalue weighted by Gasteiger charge is 2.18. The molecule has 2 rings (SSSR count). The average molecular weight is 387 g/mol. The topological polar surface area (TPSA) is 137 Å². The molecule has 1 amide bonds. The number of carbonyl (C=O) groups excluding carboxylic acids is 3. The van der Waals surface area contributed by atoms with Crippen LogP contribution in [-0.4, -0.2) is 36.9 Å². The summed E-state index contributed by atoms with van der Waals surface area (Å²) in [5.74, 6) is -0.201. The Morgan fingerprint density at radius 2 is 1.79 bits per heavy atom. The molecule has 2 N–H and O–H groups in total. The van der Waals surface area contributed by atoms with E-state index >= 15 is 0 Å². The second kappa shape index (κ2) is 9.78. The molecule has 1 atom stereocenters. The third-order valence-corrected chi connectivity index (χ3v) is 3.46. The van der Waals surface area contributed by atoms with Crippen LogP contribution in [0.1, 0.15) is 11.7 Å². The molecule has 28 heavy (non-hydrogen) atoms. The number of carbonyl (C=O) groups is 3. The number of nitro groups is 1. The summed E-state index contributed by atoms with van der Waals surface area (Å²) >= 11 is 0. The Hall–Kier alpha value is -3.79. The largest absolute Gasteiger partial charge is 0.514 e. The Balaban J connectivity index is 1.97. The van der Waals surface area contributed by atoms with Crippen LogP contribution >= 0.6 is 0 Å². The van der Waals surface area contributed by atoms with Gasteiger partial charge in [-0.1, -0.05) is 12.1 Å². The smallest absolute Gasteiger partial charge is 0.418 e. The molecule has 0 aromatic heterocycles. The van der Waals surface area contributed by atoms with Gasteiger partial charge in [-0.15, -0.1) is 0 Å². The van der Waals surface area contributed by atoms with E-state index < -0.39 is 17.2 Å². The Labute approximate surface area is 159 Å². The molecule has 0 heterocycles. The van der Waals surface area contributed by atoms with Crippen molar-refractivity contribution in [1.82, 2.24) is 5.32 Å². The van der Waals surface area contributed by atoms with Gasteiger partial charge in [0.2, 0.25) is 5.91 Å². The molecule has 10 nitrogen and oxygen atoms in total. The molecule has 0 aliphatic carbocycles. The molecule has 0 aliphatic heterocycles. The monoisotopic (exact) mass is 387 g/mol. The fourth-order valence-corrected chi connectivity index (χ4v) is 2.16. The number of nitrogens with one attached hydrogen (secondary N) is 2. The lowest BCUT2D eigenvalue weighted by Gasteiger charge is -2.13. The SMILES string of the molecule is CNCC(=O)Nc1ccc(C(C=O)OC(=O)Oc2ccc([N+](=O)[O-])cc2)cc1. The van der Waals surface area contributed by atoms with E-state index in [0.717, 1.165) is 0 Å². The number of nitrogens with zero attached hydrogens (tertiary/aromatic N) is 1. The summed E-state index contributed by atoms with van der Waals surface area (Å²) in [6.07, 6.45) is -1.93. The zero-order chi connectivity index (χ0) is 20.5. The molecule has 0 spiro atoms. The van der Waals surface area contributed by atoms with E-state index in [9.17, 15) is 24.5 Å². The van der Waals surface area contributed by atoms with Gasteiger partial charge < -0.3 is 20.1 Å². The predicted octanol–water partition coefficient (Wildman–Crippen LogP) is 2.21. The summed E-state index contributed by atoms with van der Waals surface area (Å²) in [5.41, 5.74) is 0.734. The Kier molecular flexibility index (Phi) is 7.17. The van der Waals surface area contributed by atoms with Crippen LogP contribution in [0, 0.1) is 10.1 Å². The van der Waals surface area contributed by atoms with Crippen molar-refractivity contribution in [3.63, 3.8) is 0 Å². The van der Waals surface area contributed by atoms with Gasteiger partial charge >= 0.3 is 6.16 Å². The lowest BCUT2D eigenvalue weighted by Crippen LogP contribution is -2.25. The molecule has 2 aromatic carbocycles. The van der Waals surface area contributed by atoms with Crippen molar-refractivity contribution < 1.29 is 28.8 Å². The Morgan fingerprint density at radius 3 is 2.32 bits per heavy atom. The van der Waals surface area contributed by atoms with Gasteiger partial charge in [0.05, 0.1) is 11.5 Å². The maximum atomic E-state index is 11.9. The van der Waals surface area contributed by atoms with E-state index in [1.807, 2.05) is 0 Å². The summed E-state index contributed by atoms with van der Waals surface area (Å²) < 4.78 is 9.87. The number of rotatable bonds is 8. The average Bonchev–Trinajstić information content (AvgIpc) is 2.67. The van der Waals surface area contributed by atoms with E-state index in [2.05, 4.69) is 10.6 Å². The third-order valence-electron chi connectivity index (χ3n) is 3.46. The van der Waals surface area contributed by atoms with Crippen molar-refractivity contribution in [2.24, 2.45) is 0 Å². The third kappa shape index (κ3) is 5.88. The minimum Gasteiger partial charge on any atom is -0.418 e. The lowest BCUT2D eigenvalue weighted by atomic mass is 10.1. The molecule has 146 valence electrons. The molecule has 0 fully saturated rings. The van der Waals surface area contributed by atoms with Gasteiger partial charge in [-0.25, -0.2) is 4.79 Å². The van der Waals surface area contributed by atoms with Crippen molar-refractivity contribution in [3.05, 3.63) is 64.2 Å². The number of anilines is 1. The van der Waals surface area contributed by atoms with E-state index in [4.69, 9.17) is 9.47 Å². The summed E-state index contributed by atoms with van der Waals surface area (Å²) in [4.78, 5) is 44.7. The highest BCUT2D eigenvalue weighted by molar-refractivity contribution is 5.92. The zero-order valence-corrected chi connectivity index (χ0v) is 14.8. The first-order chi connectivity index (χ1) is 13.4. The van der Waals surface area contributed by atoms with Gasteiger partial charge in [-0.3, -0.25) is 19.7 Å². The molecule has 2 aromatic rings. The minimum absolute atomic E-state index is 0.0304. The Morgan fingerprint density at radius 1 is 1.14 bits per heavy atom. The summed E-state index contributed by atoms with van der Waals surface area (Å²) in [7, 11) is 1.64. The van der Waals surface area contributed by atoms with Gasteiger partial charge in [-0.2, -0.15) is 0 Å². The van der Waals surface area contributed by atoms with Gasteiger partial charge in [0.25, 0.3) is 5.69 Å². The van der Waals surface area contributed by atoms with Crippen LogP contribution in [0.3, 0.4) is 0 Å². The highest BCUT2D eigenvalue weighted by Crippen LogP contribution is 2.21. The van der Waals surface area contributed by atoms with Gasteiger partial charge in [0.15, 0.2) is 12.4 Å². The first kappa shape index (κ1) is 20.5. The highest BCUT2D eigenvalue weighted by atomic mass is 16.7. The molecular formula is C18H17N3O7. The van der Waals surface area contributed by atoms with Crippen LogP contribution in [0.4, 0.5) is 16.2 Å². The quantitative estimate of drug-likeness (QED) is 0.231. The van der Waals surface area contributed by atoms with Crippen molar-refractivity contribution in [2.75, 3.05) is 18.9 Å². The molecule has 0 radical (unpaired) electrons. The summed E-state index contributed by atoms with van der Waals surface area (Å²) in [6, 6.07) is 11.0. The minimum atomic E-state index is -1.22. The zero-order valence-electron chi connectivity index (χ0n) is 14.8. The van der Waals surface area contributed by atoms with Gasteiger partial charge in [0.1, 0.15) is 5.75 Å². The standard InChI is InChI=1S/C18H17N3O7/c1-19-10-17(23)20-13-4-2-12(3-5-13)16(11-22)28-18(24)27-15-8-6-14(7-9-15)21(25)26/h2-9,11,16,19H,10H2,1H3,(H,20,23). The molecule has 0 bridgehead atoms. The number of nitro benzene ring substituents is 1. The molecule has 1 unspecified atom stereocenters. The van der Waals surface area contributed by atoms with Crippen molar-refractivity contribution in [1.29, 1.82) is 0 Å². The molecule has 0 saturated heterocycles. The van der Waals surface area contributed by atoms with Crippen molar-refractivity contribution in [3.8, 4) is 5.75 Å². The first-order valence-corrected chi connectivity index (χ1v) is 8.05. The maximum absolute atomic E-state index is 11.9. The van der Waals surface area contributed by atoms with Gasteiger partial charge in [-0.05, 0) is 36.9 Å². The Bertz CT molecular complexity index is 850. The second-order valence-electron chi connectivity index (χ2n) is 5.48. The van der Waals surface area contributed by atoms with Crippen molar-refractivity contribution in [2.45, 2.75) is 6.10 Å². The normalized spacial score (nSPS) is 11.2. The van der Waals surface area contributed by atoms with E-state index in [-0.39, 0.29) is 23.9 Å². The maximum Gasteiger partial charge on any atom is 0.514 e. The second-order valence-corrected chi connectivity index (χ2v) is 5.48. The first-order valence-electron chi connectivity index (χ1n) is 8.05. The van der Waals surface area contributed by atoms with Crippen LogP contribution in [-0.2, 0) is 14.3 Å². The van der Waals surface area contributed by atoms with Crippen molar-refractivity contribution >= 4 is 29.7 Å². The lowest BCUT2D eigenvalue weighted by molar-refractivity contribution is -0.384. The fourth-order valence-electron chi connectivity index (χ4n) is 2.16. The number of ether oxygens (including phenoxy) is 2. The van der Waals surface area contributed by atoms with Crippen LogP contribution < -0.4 is 15.4 Å². The molecule has 0 saturated carbocycles. The number of aldehydes is 1. The number of benzene rings is 2. The van der Waals surface area contributed by atoms with Gasteiger partial charge in [0, 0.05) is 17.8 Å². The fraction of sp³-hybridized carbons (Fsp3) is 0.167. The van der Waals surface area contributed by atoms with Crippen LogP contribution in [0.15, 0.2) is 48.5 Å². The van der Waals surface area contributed by atoms with E-state index in [1.54, 1.807) is 19.2 Å². The number of non-ortho nitro benzene ring substituents is 1. The summed E-state index contributed by atoms with van der Waals surface area (Å²) in [6.45, 7) is 0.149. The van der Waals surface area contributed by atoms with Crippen LogP contribution in [0.2, 0.25) is 0 Å². The molecular weight excluding hydrogens is 370 g/mol. The number of hydrogen-bond donors (Lipinski definition) is 2. The molecule has 10 heteroatoms. The molecule has 0 aliphatic rings. The number of hydrogen-bond acceptors (Lipinski definition) is 8. The predicted molar refractivity (Wildman–Crippen MR) is 98.0 cm³/mol. The summed E-state index contributed by atoms with van der Waals surface area (Å²) in [5, 5.41) is 16.0. The number of amides is 1. The van der Waals surface area contributed by atoms with Crippen LogP contribution in [0.5, 0.6) is 5.75 Å².